The highest BCUT2D eigenvalue weighted by Crippen LogP contribution is 2.36. The van der Waals surface area contributed by atoms with Gasteiger partial charge in [0, 0.05) is 19.2 Å². The Hall–Kier alpha value is -0.0800. The molecule has 0 spiro atoms. The first-order valence-electron chi connectivity index (χ1n) is 7.15. The van der Waals surface area contributed by atoms with Crippen molar-refractivity contribution >= 4 is 0 Å². The number of ether oxygens (including phenoxy) is 1. The Bertz CT molecular complexity index is 205. The number of hydrogen-bond donors (Lipinski definition) is 1. The van der Waals surface area contributed by atoms with Crippen molar-refractivity contribution in [3.8, 4) is 0 Å². The topological polar surface area (TPSA) is 21.3 Å². The maximum absolute atomic E-state index is 6.08. The first-order valence-corrected chi connectivity index (χ1v) is 7.15. The summed E-state index contributed by atoms with van der Waals surface area (Å²) in [7, 11) is 0. The van der Waals surface area contributed by atoms with Crippen molar-refractivity contribution in [2.45, 2.75) is 70.4 Å². The van der Waals surface area contributed by atoms with Gasteiger partial charge in [-0.2, -0.15) is 0 Å². The van der Waals surface area contributed by atoms with Crippen LogP contribution in [0.5, 0.6) is 0 Å². The van der Waals surface area contributed by atoms with Gasteiger partial charge in [-0.05, 0) is 51.4 Å². The lowest BCUT2D eigenvalue weighted by Crippen LogP contribution is -2.46. The molecular weight excluding hydrogens is 198 g/mol. The van der Waals surface area contributed by atoms with Gasteiger partial charge in [0.2, 0.25) is 0 Å². The maximum atomic E-state index is 6.08. The van der Waals surface area contributed by atoms with Crippen LogP contribution < -0.4 is 5.32 Å². The van der Waals surface area contributed by atoms with Crippen molar-refractivity contribution in [2.24, 2.45) is 5.92 Å². The largest absolute Gasteiger partial charge is 0.374 e. The summed E-state index contributed by atoms with van der Waals surface area (Å²) in [5, 5.41) is 3.66. The van der Waals surface area contributed by atoms with Gasteiger partial charge in [-0.15, -0.1) is 0 Å². The van der Waals surface area contributed by atoms with Crippen molar-refractivity contribution in [2.75, 3.05) is 13.2 Å². The molecule has 0 saturated heterocycles. The summed E-state index contributed by atoms with van der Waals surface area (Å²) in [6.07, 6.45) is 9.35. The third-order valence-corrected chi connectivity index (χ3v) is 4.33. The first-order chi connectivity index (χ1) is 7.78. The Kier molecular flexibility index (Phi) is 4.26. The average Bonchev–Trinajstić information content (AvgIpc) is 3.12. The molecule has 2 nitrogen and oxygen atoms in total. The van der Waals surface area contributed by atoms with Gasteiger partial charge < -0.3 is 10.1 Å². The maximum Gasteiger partial charge on any atom is 0.0806 e. The van der Waals surface area contributed by atoms with Crippen LogP contribution in [-0.2, 0) is 4.74 Å². The van der Waals surface area contributed by atoms with E-state index in [2.05, 4.69) is 19.2 Å². The summed E-state index contributed by atoms with van der Waals surface area (Å²) >= 11 is 0. The van der Waals surface area contributed by atoms with E-state index in [1.165, 1.54) is 44.9 Å². The molecule has 0 aliphatic heterocycles. The predicted molar refractivity (Wildman–Crippen MR) is 67.6 cm³/mol. The fraction of sp³-hybridized carbons (Fsp3) is 1.00. The second kappa shape index (κ2) is 5.50. The normalized spacial score (nSPS) is 35.2. The van der Waals surface area contributed by atoms with Gasteiger partial charge in [-0.1, -0.05) is 13.3 Å². The Morgan fingerprint density at radius 1 is 1.12 bits per heavy atom. The molecule has 1 N–H and O–H groups in total. The van der Waals surface area contributed by atoms with Crippen LogP contribution in [0.2, 0.25) is 0 Å². The monoisotopic (exact) mass is 225 g/mol. The van der Waals surface area contributed by atoms with Crippen LogP contribution in [0.4, 0.5) is 0 Å². The highest BCUT2D eigenvalue weighted by atomic mass is 16.5. The van der Waals surface area contributed by atoms with Crippen molar-refractivity contribution < 1.29 is 4.74 Å². The highest BCUT2D eigenvalue weighted by Gasteiger charge is 2.36. The van der Waals surface area contributed by atoms with Gasteiger partial charge in [0.25, 0.3) is 0 Å². The van der Waals surface area contributed by atoms with Gasteiger partial charge >= 0.3 is 0 Å². The van der Waals surface area contributed by atoms with E-state index < -0.39 is 0 Å². The molecule has 94 valence electrons. The zero-order valence-electron chi connectivity index (χ0n) is 10.9. The third kappa shape index (κ3) is 3.21. The Balaban J connectivity index is 1.82. The summed E-state index contributed by atoms with van der Waals surface area (Å²) in [4.78, 5) is 0. The predicted octanol–water partition coefficient (Wildman–Crippen LogP) is 3.11. The van der Waals surface area contributed by atoms with E-state index in [1.54, 1.807) is 0 Å². The van der Waals surface area contributed by atoms with E-state index in [0.717, 1.165) is 25.1 Å². The van der Waals surface area contributed by atoms with E-state index >= 15 is 0 Å². The van der Waals surface area contributed by atoms with Crippen molar-refractivity contribution in [3.05, 3.63) is 0 Å². The minimum Gasteiger partial charge on any atom is -0.374 e. The molecule has 0 radical (unpaired) electrons. The molecule has 16 heavy (non-hydrogen) atoms. The molecule has 2 fully saturated rings. The lowest BCUT2D eigenvalue weighted by Gasteiger charge is -2.40. The zero-order valence-corrected chi connectivity index (χ0v) is 10.9. The Morgan fingerprint density at radius 2 is 1.81 bits per heavy atom. The van der Waals surface area contributed by atoms with E-state index in [9.17, 15) is 0 Å². The Morgan fingerprint density at radius 3 is 2.31 bits per heavy atom. The Labute approximate surface area is 100 Å². The number of rotatable bonds is 6. The third-order valence-electron chi connectivity index (χ3n) is 4.33. The minimum atomic E-state index is 0.170. The van der Waals surface area contributed by atoms with Gasteiger partial charge in [0.1, 0.15) is 0 Å². The van der Waals surface area contributed by atoms with Crippen LogP contribution in [0.25, 0.3) is 0 Å². The summed E-state index contributed by atoms with van der Waals surface area (Å²) in [6.45, 7) is 6.40. The summed E-state index contributed by atoms with van der Waals surface area (Å²) in [5.74, 6) is 0.953. The fourth-order valence-corrected chi connectivity index (χ4v) is 2.91. The van der Waals surface area contributed by atoms with Crippen LogP contribution in [0.1, 0.15) is 58.8 Å². The molecule has 0 aromatic carbocycles. The summed E-state index contributed by atoms with van der Waals surface area (Å²) < 4.78 is 6.08. The summed E-state index contributed by atoms with van der Waals surface area (Å²) in [6, 6.07) is 0.807. The quantitative estimate of drug-likeness (QED) is 0.750. The van der Waals surface area contributed by atoms with Crippen LogP contribution in [0.15, 0.2) is 0 Å². The van der Waals surface area contributed by atoms with Gasteiger partial charge in [0.15, 0.2) is 0 Å². The van der Waals surface area contributed by atoms with E-state index in [1.807, 2.05) is 0 Å². The average molecular weight is 225 g/mol. The standard InChI is InChI=1S/C14H27NO/c1-3-12-7-9-14(10-8-12,16-4-2)11-15-13-5-6-13/h12-13,15H,3-11H2,1-2H3. The van der Waals surface area contributed by atoms with Crippen LogP contribution in [0, 0.1) is 5.92 Å². The van der Waals surface area contributed by atoms with Gasteiger partial charge in [0.05, 0.1) is 5.60 Å². The molecule has 0 bridgehead atoms. The van der Waals surface area contributed by atoms with E-state index in [4.69, 9.17) is 4.74 Å². The molecule has 0 atom stereocenters. The van der Waals surface area contributed by atoms with E-state index in [0.29, 0.717) is 0 Å². The molecule has 0 heterocycles. The number of nitrogens with one attached hydrogen (secondary N) is 1. The first kappa shape index (κ1) is 12.4. The minimum absolute atomic E-state index is 0.170. The molecular formula is C14H27NO. The molecule has 0 amide bonds. The molecule has 0 aromatic heterocycles. The molecule has 2 aliphatic rings. The van der Waals surface area contributed by atoms with Gasteiger partial charge in [-0.3, -0.25) is 0 Å². The lowest BCUT2D eigenvalue weighted by molar-refractivity contribution is -0.0715. The molecule has 2 heteroatoms. The molecule has 0 unspecified atom stereocenters. The van der Waals surface area contributed by atoms with Crippen LogP contribution >= 0.6 is 0 Å². The van der Waals surface area contributed by atoms with Crippen LogP contribution in [0.3, 0.4) is 0 Å². The second-order valence-electron chi connectivity index (χ2n) is 5.62. The van der Waals surface area contributed by atoms with Crippen molar-refractivity contribution in [3.63, 3.8) is 0 Å². The SMILES string of the molecule is CCOC1(CNC2CC2)CCC(CC)CC1. The molecule has 0 aromatic rings. The smallest absolute Gasteiger partial charge is 0.0806 e. The zero-order chi connectivity index (χ0) is 11.4. The molecule has 2 aliphatic carbocycles. The van der Waals surface area contributed by atoms with Crippen molar-refractivity contribution in [1.82, 2.24) is 5.32 Å². The number of hydrogen-bond acceptors (Lipinski definition) is 2. The molecule has 2 rings (SSSR count). The van der Waals surface area contributed by atoms with Crippen LogP contribution in [-0.4, -0.2) is 24.8 Å². The lowest BCUT2D eigenvalue weighted by atomic mass is 9.77. The molecule has 2 saturated carbocycles. The highest BCUT2D eigenvalue weighted by molar-refractivity contribution is 4.92. The van der Waals surface area contributed by atoms with Gasteiger partial charge in [-0.25, -0.2) is 0 Å². The second-order valence-corrected chi connectivity index (χ2v) is 5.62. The fourth-order valence-electron chi connectivity index (χ4n) is 2.91. The van der Waals surface area contributed by atoms with Crippen molar-refractivity contribution in [1.29, 1.82) is 0 Å². The summed E-state index contributed by atoms with van der Waals surface area (Å²) in [5.41, 5.74) is 0.170. The van der Waals surface area contributed by atoms with E-state index in [-0.39, 0.29) is 5.60 Å².